The molecule has 0 saturated carbocycles. The predicted molar refractivity (Wildman–Crippen MR) is 59.0 cm³/mol. The molecule has 2 fully saturated rings. The van der Waals surface area contributed by atoms with E-state index < -0.39 is 0 Å². The highest BCUT2D eigenvalue weighted by molar-refractivity contribution is 8.00. The first-order valence-electron chi connectivity index (χ1n) is 5.38. The fourth-order valence-corrected chi connectivity index (χ4v) is 2.94. The van der Waals surface area contributed by atoms with Crippen molar-refractivity contribution in [3.63, 3.8) is 0 Å². The Balaban J connectivity index is 1.65. The number of nitrogens with two attached hydrogens (primary N) is 1. The van der Waals surface area contributed by atoms with Crippen LogP contribution in [0.1, 0.15) is 12.8 Å². The molecule has 0 spiro atoms. The number of hydrogen-bond donors (Lipinski definition) is 1. The molecule has 0 aromatic heterocycles. The van der Waals surface area contributed by atoms with Gasteiger partial charge >= 0.3 is 0 Å². The first kappa shape index (κ1) is 9.81. The lowest BCUT2D eigenvalue weighted by Crippen LogP contribution is -2.41. The van der Waals surface area contributed by atoms with Gasteiger partial charge in [-0.1, -0.05) is 0 Å². The summed E-state index contributed by atoms with van der Waals surface area (Å²) in [5.41, 5.74) is 5.67. The molecular formula is C10H20N2S. The lowest BCUT2D eigenvalue weighted by molar-refractivity contribution is 0.170. The average molecular weight is 200 g/mol. The van der Waals surface area contributed by atoms with Gasteiger partial charge in [0, 0.05) is 6.54 Å². The van der Waals surface area contributed by atoms with E-state index >= 15 is 0 Å². The summed E-state index contributed by atoms with van der Waals surface area (Å²) in [5.74, 6) is 4.61. The van der Waals surface area contributed by atoms with Crippen molar-refractivity contribution in [2.75, 3.05) is 37.7 Å². The Kier molecular flexibility index (Phi) is 3.52. The zero-order valence-corrected chi connectivity index (χ0v) is 9.06. The number of thioether (sulfide) groups is 1. The Bertz CT molecular complexity index is 151. The summed E-state index contributed by atoms with van der Waals surface area (Å²) in [4.78, 5) is 2.64. The number of rotatable bonds is 3. The largest absolute Gasteiger partial charge is 0.330 e. The van der Waals surface area contributed by atoms with Crippen molar-refractivity contribution in [1.29, 1.82) is 0 Å². The molecule has 2 aliphatic heterocycles. The maximum absolute atomic E-state index is 5.67. The van der Waals surface area contributed by atoms with Crippen LogP contribution < -0.4 is 5.73 Å². The van der Waals surface area contributed by atoms with Gasteiger partial charge in [0.05, 0.1) is 0 Å². The summed E-state index contributed by atoms with van der Waals surface area (Å²) in [6, 6.07) is 0. The van der Waals surface area contributed by atoms with Crippen LogP contribution in [0.15, 0.2) is 0 Å². The molecule has 3 heteroatoms. The third kappa shape index (κ3) is 2.61. The second-order valence-corrected chi connectivity index (χ2v) is 5.46. The van der Waals surface area contributed by atoms with Crippen LogP contribution in [-0.2, 0) is 0 Å². The molecular weight excluding hydrogens is 180 g/mol. The third-order valence-electron chi connectivity index (χ3n) is 3.26. The molecule has 0 aromatic carbocycles. The number of likely N-dealkylation sites (tertiary alicyclic amines) is 1. The molecule has 0 amide bonds. The van der Waals surface area contributed by atoms with Gasteiger partial charge in [-0.3, -0.25) is 0 Å². The van der Waals surface area contributed by atoms with Crippen molar-refractivity contribution in [1.82, 2.24) is 4.90 Å². The number of hydrogen-bond acceptors (Lipinski definition) is 3. The van der Waals surface area contributed by atoms with Crippen LogP contribution in [0.5, 0.6) is 0 Å². The summed E-state index contributed by atoms with van der Waals surface area (Å²) < 4.78 is 0. The molecule has 76 valence electrons. The quantitative estimate of drug-likeness (QED) is 0.737. The van der Waals surface area contributed by atoms with Gasteiger partial charge in [0.25, 0.3) is 0 Å². The maximum atomic E-state index is 5.67. The zero-order chi connectivity index (χ0) is 9.10. The molecule has 2 heterocycles. The van der Waals surface area contributed by atoms with Crippen LogP contribution in [0.3, 0.4) is 0 Å². The Labute approximate surface area is 85.2 Å². The summed E-state index contributed by atoms with van der Waals surface area (Å²) >= 11 is 2.09. The van der Waals surface area contributed by atoms with Gasteiger partial charge in [-0.05, 0) is 55.8 Å². The van der Waals surface area contributed by atoms with Gasteiger partial charge in [-0.15, -0.1) is 0 Å². The van der Waals surface area contributed by atoms with E-state index in [0.29, 0.717) is 0 Å². The zero-order valence-electron chi connectivity index (χ0n) is 8.24. The van der Waals surface area contributed by atoms with Crippen molar-refractivity contribution < 1.29 is 0 Å². The van der Waals surface area contributed by atoms with E-state index in [4.69, 9.17) is 5.73 Å². The molecule has 0 bridgehead atoms. The van der Waals surface area contributed by atoms with Crippen molar-refractivity contribution in [3.05, 3.63) is 0 Å². The summed E-state index contributed by atoms with van der Waals surface area (Å²) in [6.45, 7) is 4.84. The Hall–Kier alpha value is 0.270. The standard InChI is InChI=1S/C10H20N2S/c11-5-9-1-3-12(4-2-9)6-10-7-13-8-10/h9-10H,1-8,11H2. The highest BCUT2D eigenvalue weighted by Crippen LogP contribution is 2.26. The average Bonchev–Trinajstić information content (AvgIpc) is 2.12. The first-order valence-corrected chi connectivity index (χ1v) is 6.54. The van der Waals surface area contributed by atoms with Gasteiger partial charge in [-0.25, -0.2) is 0 Å². The summed E-state index contributed by atoms with van der Waals surface area (Å²) in [7, 11) is 0. The topological polar surface area (TPSA) is 29.3 Å². The van der Waals surface area contributed by atoms with Gasteiger partial charge < -0.3 is 10.6 Å². The van der Waals surface area contributed by atoms with Crippen LogP contribution in [0.4, 0.5) is 0 Å². The SMILES string of the molecule is NCC1CCN(CC2CSC2)CC1. The van der Waals surface area contributed by atoms with Crippen molar-refractivity contribution in [3.8, 4) is 0 Å². The van der Waals surface area contributed by atoms with Gasteiger partial charge in [0.1, 0.15) is 0 Å². The van der Waals surface area contributed by atoms with E-state index in [1.807, 2.05) is 0 Å². The minimum atomic E-state index is 0.812. The molecule has 2 aliphatic rings. The minimum absolute atomic E-state index is 0.812. The molecule has 2 nitrogen and oxygen atoms in total. The van der Waals surface area contributed by atoms with Crippen LogP contribution in [0.2, 0.25) is 0 Å². The molecule has 0 aliphatic carbocycles. The monoisotopic (exact) mass is 200 g/mol. The smallest absolute Gasteiger partial charge is 0.00255 e. The Morgan fingerprint density at radius 1 is 1.15 bits per heavy atom. The van der Waals surface area contributed by atoms with Crippen molar-refractivity contribution >= 4 is 11.8 Å². The normalized spacial score (nSPS) is 27.5. The summed E-state index contributed by atoms with van der Waals surface area (Å²) in [5, 5.41) is 0. The van der Waals surface area contributed by atoms with Gasteiger partial charge in [0.2, 0.25) is 0 Å². The number of nitrogens with zero attached hydrogens (tertiary/aromatic N) is 1. The van der Waals surface area contributed by atoms with E-state index in [1.54, 1.807) is 0 Å². The second-order valence-electron chi connectivity index (χ2n) is 4.38. The van der Waals surface area contributed by atoms with Crippen LogP contribution in [0.25, 0.3) is 0 Å². The molecule has 2 N–H and O–H groups in total. The molecule has 0 radical (unpaired) electrons. The Morgan fingerprint density at radius 2 is 1.85 bits per heavy atom. The van der Waals surface area contributed by atoms with Crippen molar-refractivity contribution in [2.24, 2.45) is 17.6 Å². The lowest BCUT2D eigenvalue weighted by Gasteiger charge is -2.36. The highest BCUT2D eigenvalue weighted by Gasteiger charge is 2.24. The van der Waals surface area contributed by atoms with Crippen LogP contribution >= 0.6 is 11.8 Å². The fourth-order valence-electron chi connectivity index (χ4n) is 2.16. The Morgan fingerprint density at radius 3 is 2.31 bits per heavy atom. The third-order valence-corrected chi connectivity index (χ3v) is 4.68. The highest BCUT2D eigenvalue weighted by atomic mass is 32.2. The minimum Gasteiger partial charge on any atom is -0.330 e. The predicted octanol–water partition coefficient (Wildman–Crippen LogP) is 1.02. The van der Waals surface area contributed by atoms with E-state index in [9.17, 15) is 0 Å². The molecule has 2 rings (SSSR count). The van der Waals surface area contributed by atoms with Gasteiger partial charge in [0.15, 0.2) is 0 Å². The molecule has 0 atom stereocenters. The van der Waals surface area contributed by atoms with Crippen LogP contribution in [0, 0.1) is 11.8 Å². The molecule has 0 unspecified atom stereocenters. The van der Waals surface area contributed by atoms with E-state index in [0.717, 1.165) is 18.4 Å². The van der Waals surface area contributed by atoms with Crippen LogP contribution in [-0.4, -0.2) is 42.6 Å². The second kappa shape index (κ2) is 4.67. The molecule has 13 heavy (non-hydrogen) atoms. The van der Waals surface area contributed by atoms with E-state index in [2.05, 4.69) is 16.7 Å². The fraction of sp³-hybridized carbons (Fsp3) is 1.00. The van der Waals surface area contributed by atoms with E-state index in [-0.39, 0.29) is 0 Å². The molecule has 0 aromatic rings. The lowest BCUT2D eigenvalue weighted by atomic mass is 9.96. The number of piperidine rings is 1. The summed E-state index contributed by atoms with van der Waals surface area (Å²) in [6.07, 6.45) is 2.66. The maximum Gasteiger partial charge on any atom is 0.00255 e. The van der Waals surface area contributed by atoms with E-state index in [1.165, 1.54) is 44.0 Å². The first-order chi connectivity index (χ1) is 6.38. The van der Waals surface area contributed by atoms with Crippen molar-refractivity contribution in [2.45, 2.75) is 12.8 Å². The molecule has 2 saturated heterocycles. The van der Waals surface area contributed by atoms with Gasteiger partial charge in [-0.2, -0.15) is 11.8 Å².